The summed E-state index contributed by atoms with van der Waals surface area (Å²) < 4.78 is 1.72. The van der Waals surface area contributed by atoms with Crippen LogP contribution >= 0.6 is 0 Å². The Kier molecular flexibility index (Phi) is 4.45. The minimum atomic E-state index is -0.343. The van der Waals surface area contributed by atoms with Crippen LogP contribution in [0, 0.1) is 0 Å². The van der Waals surface area contributed by atoms with E-state index in [-0.39, 0.29) is 18.5 Å². The van der Waals surface area contributed by atoms with E-state index in [9.17, 15) is 4.79 Å². The number of carbonyl (C=O) groups is 1. The Labute approximate surface area is 95.2 Å². The minimum absolute atomic E-state index is 0.00815. The molecule has 1 atom stereocenters. The van der Waals surface area contributed by atoms with Crippen molar-refractivity contribution in [1.82, 2.24) is 14.7 Å². The van der Waals surface area contributed by atoms with Crippen LogP contribution in [0.4, 0.5) is 0 Å². The quantitative estimate of drug-likeness (QED) is 0.665. The first-order chi connectivity index (χ1) is 7.58. The summed E-state index contributed by atoms with van der Waals surface area (Å²) >= 11 is 0. The van der Waals surface area contributed by atoms with Crippen molar-refractivity contribution in [3.05, 3.63) is 18.0 Å². The highest BCUT2D eigenvalue weighted by molar-refractivity contribution is 5.76. The third kappa shape index (κ3) is 3.04. The lowest BCUT2D eigenvalue weighted by Gasteiger charge is -2.27. The summed E-state index contributed by atoms with van der Waals surface area (Å²) in [5.41, 5.74) is 11.9. The third-order valence-electron chi connectivity index (χ3n) is 2.54. The number of aryl methyl sites for hydroxylation is 1. The molecule has 16 heavy (non-hydrogen) atoms. The Balaban J connectivity index is 2.82. The van der Waals surface area contributed by atoms with Gasteiger partial charge in [0.2, 0.25) is 5.91 Å². The fraction of sp³-hybridized carbons (Fsp3) is 0.600. The number of hydrogen-bond donors (Lipinski definition) is 2. The van der Waals surface area contributed by atoms with Crippen LogP contribution in [0.3, 0.4) is 0 Å². The van der Waals surface area contributed by atoms with Gasteiger partial charge in [0.1, 0.15) is 0 Å². The molecule has 1 rings (SSSR count). The molecule has 0 aliphatic carbocycles. The van der Waals surface area contributed by atoms with Crippen molar-refractivity contribution in [2.24, 2.45) is 18.5 Å². The first-order valence-corrected chi connectivity index (χ1v) is 5.29. The molecule has 0 aliphatic rings. The van der Waals surface area contributed by atoms with Crippen LogP contribution in [0.2, 0.25) is 0 Å². The number of aromatic nitrogens is 2. The van der Waals surface area contributed by atoms with E-state index < -0.39 is 0 Å². The van der Waals surface area contributed by atoms with Crippen molar-refractivity contribution in [3.8, 4) is 0 Å². The van der Waals surface area contributed by atoms with Gasteiger partial charge in [-0.3, -0.25) is 14.4 Å². The highest BCUT2D eigenvalue weighted by Gasteiger charge is 2.20. The molecule has 6 heteroatoms. The van der Waals surface area contributed by atoms with E-state index >= 15 is 0 Å². The molecule has 0 aromatic carbocycles. The maximum atomic E-state index is 10.9. The highest BCUT2D eigenvalue weighted by atomic mass is 16.1. The maximum absolute atomic E-state index is 10.9. The first-order valence-electron chi connectivity index (χ1n) is 5.29. The molecular weight excluding hydrogens is 206 g/mol. The molecule has 1 heterocycles. The molecule has 90 valence electrons. The average molecular weight is 225 g/mol. The lowest BCUT2D eigenvalue weighted by molar-refractivity contribution is -0.119. The molecule has 6 nitrogen and oxygen atoms in total. The van der Waals surface area contributed by atoms with E-state index in [1.54, 1.807) is 10.9 Å². The van der Waals surface area contributed by atoms with Gasteiger partial charge in [-0.1, -0.05) is 6.92 Å². The number of rotatable bonds is 6. The molecule has 1 amide bonds. The number of nitrogens with zero attached hydrogens (tertiary/aromatic N) is 3. The van der Waals surface area contributed by atoms with Crippen LogP contribution < -0.4 is 11.5 Å². The van der Waals surface area contributed by atoms with E-state index in [0.29, 0.717) is 6.54 Å². The normalized spacial score (nSPS) is 13.0. The van der Waals surface area contributed by atoms with Gasteiger partial charge in [-0.05, 0) is 6.54 Å². The highest BCUT2D eigenvalue weighted by Crippen LogP contribution is 2.18. The Morgan fingerprint density at radius 1 is 1.69 bits per heavy atom. The fourth-order valence-corrected chi connectivity index (χ4v) is 1.75. The zero-order valence-electron chi connectivity index (χ0n) is 9.76. The van der Waals surface area contributed by atoms with Gasteiger partial charge in [-0.2, -0.15) is 5.10 Å². The summed E-state index contributed by atoms with van der Waals surface area (Å²) in [6.45, 7) is 3.35. The van der Waals surface area contributed by atoms with Crippen LogP contribution in [0.1, 0.15) is 18.5 Å². The summed E-state index contributed by atoms with van der Waals surface area (Å²) in [6.07, 6.45) is 3.67. The van der Waals surface area contributed by atoms with E-state index in [1.165, 1.54) is 0 Å². The molecule has 0 fully saturated rings. The lowest BCUT2D eigenvalue weighted by Crippen LogP contribution is -2.39. The van der Waals surface area contributed by atoms with Gasteiger partial charge in [0, 0.05) is 25.4 Å². The number of nitrogens with two attached hydrogens (primary N) is 2. The molecule has 1 aromatic rings. The SMILES string of the molecule is CCN(CC(N)=O)C(CN)c1cnn(C)c1. The van der Waals surface area contributed by atoms with E-state index in [0.717, 1.165) is 12.1 Å². The fourth-order valence-electron chi connectivity index (χ4n) is 1.75. The summed E-state index contributed by atoms with van der Waals surface area (Å²) in [5, 5.41) is 4.10. The van der Waals surface area contributed by atoms with Crippen LogP contribution in [-0.2, 0) is 11.8 Å². The molecule has 1 aromatic heterocycles. The minimum Gasteiger partial charge on any atom is -0.369 e. The van der Waals surface area contributed by atoms with Crippen molar-refractivity contribution >= 4 is 5.91 Å². The van der Waals surface area contributed by atoms with Crippen LogP contribution in [0.15, 0.2) is 12.4 Å². The second-order valence-electron chi connectivity index (χ2n) is 3.73. The number of primary amides is 1. The molecule has 0 saturated heterocycles. The molecule has 0 aliphatic heterocycles. The van der Waals surface area contributed by atoms with E-state index in [4.69, 9.17) is 11.5 Å². The lowest BCUT2D eigenvalue weighted by atomic mass is 10.1. The Hall–Kier alpha value is -1.40. The summed E-state index contributed by atoms with van der Waals surface area (Å²) in [4.78, 5) is 12.9. The smallest absolute Gasteiger partial charge is 0.231 e. The zero-order valence-corrected chi connectivity index (χ0v) is 9.76. The van der Waals surface area contributed by atoms with Crippen molar-refractivity contribution in [3.63, 3.8) is 0 Å². The predicted octanol–water partition coefficient (Wildman–Crippen LogP) is -0.773. The largest absolute Gasteiger partial charge is 0.369 e. The molecular formula is C10H19N5O. The Bertz CT molecular complexity index is 349. The Morgan fingerprint density at radius 2 is 2.38 bits per heavy atom. The van der Waals surface area contributed by atoms with Gasteiger partial charge in [-0.15, -0.1) is 0 Å². The van der Waals surface area contributed by atoms with Gasteiger partial charge in [0.25, 0.3) is 0 Å². The van der Waals surface area contributed by atoms with Gasteiger partial charge in [-0.25, -0.2) is 0 Å². The Morgan fingerprint density at radius 3 is 2.75 bits per heavy atom. The molecule has 0 saturated carbocycles. The standard InChI is InChI=1S/C10H19N5O/c1-3-15(7-10(12)16)9(4-11)8-5-13-14(2)6-8/h5-6,9H,3-4,7,11H2,1-2H3,(H2,12,16). The van der Waals surface area contributed by atoms with E-state index in [1.807, 2.05) is 25.1 Å². The number of hydrogen-bond acceptors (Lipinski definition) is 4. The maximum Gasteiger partial charge on any atom is 0.231 e. The molecule has 0 radical (unpaired) electrons. The van der Waals surface area contributed by atoms with Crippen LogP contribution in [-0.4, -0.2) is 40.2 Å². The van der Waals surface area contributed by atoms with Gasteiger partial charge >= 0.3 is 0 Å². The number of likely N-dealkylation sites (N-methyl/N-ethyl adjacent to an activating group) is 1. The van der Waals surface area contributed by atoms with E-state index in [2.05, 4.69) is 5.10 Å². The summed E-state index contributed by atoms with van der Waals surface area (Å²) in [6, 6.07) is -0.00815. The zero-order chi connectivity index (χ0) is 12.1. The van der Waals surface area contributed by atoms with Crippen LogP contribution in [0.25, 0.3) is 0 Å². The third-order valence-corrected chi connectivity index (χ3v) is 2.54. The number of amides is 1. The van der Waals surface area contributed by atoms with Crippen molar-refractivity contribution < 1.29 is 4.79 Å². The second-order valence-corrected chi connectivity index (χ2v) is 3.73. The molecule has 4 N–H and O–H groups in total. The summed E-state index contributed by atoms with van der Waals surface area (Å²) in [7, 11) is 1.85. The molecule has 0 bridgehead atoms. The van der Waals surface area contributed by atoms with Gasteiger partial charge in [0.05, 0.1) is 18.8 Å². The molecule has 0 spiro atoms. The predicted molar refractivity (Wildman–Crippen MR) is 61.4 cm³/mol. The van der Waals surface area contributed by atoms with Crippen molar-refractivity contribution in [1.29, 1.82) is 0 Å². The monoisotopic (exact) mass is 225 g/mol. The average Bonchev–Trinajstić information content (AvgIpc) is 2.64. The number of carbonyl (C=O) groups excluding carboxylic acids is 1. The summed E-state index contributed by atoms with van der Waals surface area (Å²) in [5.74, 6) is -0.343. The van der Waals surface area contributed by atoms with Crippen molar-refractivity contribution in [2.45, 2.75) is 13.0 Å². The van der Waals surface area contributed by atoms with Crippen LogP contribution in [0.5, 0.6) is 0 Å². The van der Waals surface area contributed by atoms with Gasteiger partial charge < -0.3 is 11.5 Å². The topological polar surface area (TPSA) is 90.2 Å². The first kappa shape index (κ1) is 12.7. The van der Waals surface area contributed by atoms with Crippen molar-refractivity contribution in [2.75, 3.05) is 19.6 Å². The van der Waals surface area contributed by atoms with Gasteiger partial charge in [0.15, 0.2) is 0 Å². The second kappa shape index (κ2) is 5.62. The molecule has 1 unspecified atom stereocenters.